The minimum atomic E-state index is -0.207. The van der Waals surface area contributed by atoms with Crippen molar-refractivity contribution in [2.45, 2.75) is 13.5 Å². The van der Waals surface area contributed by atoms with Crippen molar-refractivity contribution in [3.63, 3.8) is 0 Å². The maximum absolute atomic E-state index is 12.3. The molecule has 1 heterocycles. The number of ether oxygens (including phenoxy) is 1. The van der Waals surface area contributed by atoms with Gasteiger partial charge in [-0.05, 0) is 42.8 Å². The van der Waals surface area contributed by atoms with E-state index in [0.29, 0.717) is 29.6 Å². The van der Waals surface area contributed by atoms with Gasteiger partial charge in [0.15, 0.2) is 0 Å². The van der Waals surface area contributed by atoms with E-state index < -0.39 is 0 Å². The standard InChI is InChI=1S/C19H18ClN3O2/c1-2-25-16-9-3-13(4-10-16)12-21-19(24)18-11-17(22-23-18)14-5-7-15(20)8-6-14/h3-11H,2,12H2,1H3,(H,21,24)(H,22,23). The van der Waals surface area contributed by atoms with E-state index in [0.717, 1.165) is 16.9 Å². The molecule has 0 aliphatic rings. The zero-order valence-corrected chi connectivity index (χ0v) is 14.5. The van der Waals surface area contributed by atoms with Crippen molar-refractivity contribution >= 4 is 17.5 Å². The number of carbonyl (C=O) groups is 1. The van der Waals surface area contributed by atoms with Crippen molar-refractivity contribution < 1.29 is 9.53 Å². The molecule has 0 radical (unpaired) electrons. The Morgan fingerprint density at radius 1 is 1.16 bits per heavy atom. The number of hydrogen-bond acceptors (Lipinski definition) is 3. The first-order valence-electron chi connectivity index (χ1n) is 7.97. The predicted octanol–water partition coefficient (Wildman–Crippen LogP) is 4.06. The summed E-state index contributed by atoms with van der Waals surface area (Å²) >= 11 is 5.88. The average molecular weight is 356 g/mol. The van der Waals surface area contributed by atoms with E-state index in [1.165, 1.54) is 0 Å². The molecule has 2 N–H and O–H groups in total. The SMILES string of the molecule is CCOc1ccc(CNC(=O)c2cc(-c3ccc(Cl)cc3)n[nH]2)cc1. The lowest BCUT2D eigenvalue weighted by atomic mass is 10.1. The number of halogens is 1. The van der Waals surface area contributed by atoms with Crippen molar-refractivity contribution in [2.24, 2.45) is 0 Å². The molecule has 0 bridgehead atoms. The Bertz CT molecular complexity index is 842. The molecule has 0 unspecified atom stereocenters. The van der Waals surface area contributed by atoms with Crippen LogP contribution in [0.3, 0.4) is 0 Å². The number of benzene rings is 2. The van der Waals surface area contributed by atoms with Crippen LogP contribution in [0.2, 0.25) is 5.02 Å². The molecule has 128 valence electrons. The van der Waals surface area contributed by atoms with Crippen LogP contribution in [0.5, 0.6) is 5.75 Å². The summed E-state index contributed by atoms with van der Waals surface area (Å²) in [5.74, 6) is 0.611. The molecule has 0 saturated carbocycles. The number of rotatable bonds is 6. The number of hydrogen-bond donors (Lipinski definition) is 2. The van der Waals surface area contributed by atoms with E-state index in [1.807, 2.05) is 43.3 Å². The molecule has 5 nitrogen and oxygen atoms in total. The fourth-order valence-corrected chi connectivity index (χ4v) is 2.48. The van der Waals surface area contributed by atoms with Gasteiger partial charge in [0.1, 0.15) is 11.4 Å². The maximum Gasteiger partial charge on any atom is 0.269 e. The van der Waals surface area contributed by atoms with Crippen LogP contribution in [0, 0.1) is 0 Å². The van der Waals surface area contributed by atoms with Crippen LogP contribution in [0.1, 0.15) is 23.0 Å². The molecule has 0 spiro atoms. The number of H-pyrrole nitrogens is 1. The van der Waals surface area contributed by atoms with Crippen molar-refractivity contribution in [1.29, 1.82) is 0 Å². The Labute approximate surface area is 151 Å². The molecule has 6 heteroatoms. The highest BCUT2D eigenvalue weighted by Gasteiger charge is 2.11. The Morgan fingerprint density at radius 2 is 1.88 bits per heavy atom. The molecule has 3 rings (SSSR count). The lowest BCUT2D eigenvalue weighted by Crippen LogP contribution is -2.23. The van der Waals surface area contributed by atoms with Gasteiger partial charge in [-0.2, -0.15) is 5.10 Å². The molecule has 1 amide bonds. The van der Waals surface area contributed by atoms with Gasteiger partial charge < -0.3 is 10.1 Å². The molecular weight excluding hydrogens is 338 g/mol. The van der Waals surface area contributed by atoms with Gasteiger partial charge in [-0.15, -0.1) is 0 Å². The third-order valence-electron chi connectivity index (χ3n) is 3.65. The van der Waals surface area contributed by atoms with Gasteiger partial charge in [-0.1, -0.05) is 35.9 Å². The number of carbonyl (C=O) groups excluding carboxylic acids is 1. The third-order valence-corrected chi connectivity index (χ3v) is 3.90. The Balaban J connectivity index is 1.61. The van der Waals surface area contributed by atoms with Crippen LogP contribution in [0.15, 0.2) is 54.6 Å². The topological polar surface area (TPSA) is 67.0 Å². The van der Waals surface area contributed by atoms with Gasteiger partial charge in [0.05, 0.1) is 12.3 Å². The van der Waals surface area contributed by atoms with E-state index in [4.69, 9.17) is 16.3 Å². The fraction of sp³-hybridized carbons (Fsp3) is 0.158. The van der Waals surface area contributed by atoms with Crippen LogP contribution < -0.4 is 10.1 Å². The molecule has 0 saturated heterocycles. The minimum Gasteiger partial charge on any atom is -0.494 e. The van der Waals surface area contributed by atoms with Gasteiger partial charge >= 0.3 is 0 Å². The third kappa shape index (κ3) is 4.39. The number of nitrogens with zero attached hydrogens (tertiary/aromatic N) is 1. The van der Waals surface area contributed by atoms with E-state index >= 15 is 0 Å². The smallest absolute Gasteiger partial charge is 0.269 e. The summed E-state index contributed by atoms with van der Waals surface area (Å²) in [6, 6.07) is 16.7. The van der Waals surface area contributed by atoms with Crippen molar-refractivity contribution in [3.05, 3.63) is 70.9 Å². The highest BCUT2D eigenvalue weighted by Crippen LogP contribution is 2.20. The van der Waals surface area contributed by atoms with Crippen LogP contribution in [-0.2, 0) is 6.54 Å². The van der Waals surface area contributed by atoms with Crippen molar-refractivity contribution in [1.82, 2.24) is 15.5 Å². The van der Waals surface area contributed by atoms with Gasteiger partial charge in [-0.25, -0.2) is 0 Å². The summed E-state index contributed by atoms with van der Waals surface area (Å²) in [6.45, 7) is 3.00. The molecule has 1 aromatic heterocycles. The van der Waals surface area contributed by atoms with E-state index in [9.17, 15) is 4.79 Å². The van der Waals surface area contributed by atoms with Gasteiger partial charge in [-0.3, -0.25) is 9.89 Å². The molecule has 3 aromatic rings. The molecule has 0 aliphatic carbocycles. The highest BCUT2D eigenvalue weighted by molar-refractivity contribution is 6.30. The monoisotopic (exact) mass is 355 g/mol. The fourth-order valence-electron chi connectivity index (χ4n) is 2.35. The van der Waals surface area contributed by atoms with Crippen LogP contribution >= 0.6 is 11.6 Å². The molecule has 0 aliphatic heterocycles. The minimum absolute atomic E-state index is 0.207. The summed E-state index contributed by atoms with van der Waals surface area (Å²) in [4.78, 5) is 12.3. The second-order valence-corrected chi connectivity index (χ2v) is 5.87. The Kier molecular flexibility index (Phi) is 5.36. The maximum atomic E-state index is 12.3. The summed E-state index contributed by atoms with van der Waals surface area (Å²) in [7, 11) is 0. The molecule has 25 heavy (non-hydrogen) atoms. The number of nitrogens with one attached hydrogen (secondary N) is 2. The summed E-state index contributed by atoms with van der Waals surface area (Å²) in [5.41, 5.74) is 3.00. The lowest BCUT2D eigenvalue weighted by Gasteiger charge is -2.06. The van der Waals surface area contributed by atoms with Gasteiger partial charge in [0.2, 0.25) is 0 Å². The Morgan fingerprint density at radius 3 is 2.56 bits per heavy atom. The quantitative estimate of drug-likeness (QED) is 0.700. The second-order valence-electron chi connectivity index (χ2n) is 5.43. The van der Waals surface area contributed by atoms with E-state index in [-0.39, 0.29) is 5.91 Å². The zero-order valence-electron chi connectivity index (χ0n) is 13.8. The van der Waals surface area contributed by atoms with E-state index in [2.05, 4.69) is 15.5 Å². The normalized spacial score (nSPS) is 10.5. The lowest BCUT2D eigenvalue weighted by molar-refractivity contribution is 0.0946. The van der Waals surface area contributed by atoms with Gasteiger partial charge in [0.25, 0.3) is 5.91 Å². The predicted molar refractivity (Wildman–Crippen MR) is 97.8 cm³/mol. The average Bonchev–Trinajstić information content (AvgIpc) is 3.12. The van der Waals surface area contributed by atoms with Crippen LogP contribution in [0.4, 0.5) is 0 Å². The molecule has 2 aromatic carbocycles. The number of amides is 1. The zero-order chi connectivity index (χ0) is 17.6. The Hall–Kier alpha value is -2.79. The summed E-state index contributed by atoms with van der Waals surface area (Å²) in [5, 5.41) is 10.5. The summed E-state index contributed by atoms with van der Waals surface area (Å²) in [6.07, 6.45) is 0. The first kappa shape index (κ1) is 17.0. The molecule has 0 atom stereocenters. The van der Waals surface area contributed by atoms with Gasteiger partial charge in [0, 0.05) is 17.1 Å². The van der Waals surface area contributed by atoms with Crippen molar-refractivity contribution in [3.8, 4) is 17.0 Å². The highest BCUT2D eigenvalue weighted by atomic mass is 35.5. The molecular formula is C19H18ClN3O2. The largest absolute Gasteiger partial charge is 0.494 e. The first-order chi connectivity index (χ1) is 12.2. The number of aromatic nitrogens is 2. The first-order valence-corrected chi connectivity index (χ1v) is 8.35. The van der Waals surface area contributed by atoms with Crippen LogP contribution in [-0.4, -0.2) is 22.7 Å². The summed E-state index contributed by atoms with van der Waals surface area (Å²) < 4.78 is 5.40. The number of aromatic amines is 1. The second kappa shape index (κ2) is 7.85. The molecule has 0 fully saturated rings. The van der Waals surface area contributed by atoms with E-state index in [1.54, 1.807) is 18.2 Å². The van der Waals surface area contributed by atoms with Crippen LogP contribution in [0.25, 0.3) is 11.3 Å². The van der Waals surface area contributed by atoms with Crippen molar-refractivity contribution in [2.75, 3.05) is 6.61 Å².